The van der Waals surface area contributed by atoms with Crippen LogP contribution in [0.5, 0.6) is 0 Å². The number of hydrogen-bond donors (Lipinski definition) is 1. The van der Waals surface area contributed by atoms with Crippen molar-refractivity contribution in [2.24, 2.45) is 0 Å². The molecule has 2 aromatic carbocycles. The number of benzene rings is 2. The maximum absolute atomic E-state index is 12.3. The van der Waals surface area contributed by atoms with Crippen LogP contribution in [0, 0.1) is 13.8 Å². The molecule has 1 aliphatic heterocycles. The highest BCUT2D eigenvalue weighted by Gasteiger charge is 2.23. The second kappa shape index (κ2) is 6.24. The van der Waals surface area contributed by atoms with E-state index in [0.717, 1.165) is 35.5 Å². The molecule has 4 nitrogen and oxygen atoms in total. The zero-order chi connectivity index (χ0) is 16.4. The Bertz CT molecular complexity index is 768. The van der Waals surface area contributed by atoms with E-state index < -0.39 is 0 Å². The lowest BCUT2D eigenvalue weighted by molar-refractivity contribution is -0.117. The Balaban J connectivity index is 1.78. The quantitative estimate of drug-likeness (QED) is 0.940. The largest absolute Gasteiger partial charge is 0.322 e. The molecule has 0 aliphatic carbocycles. The zero-order valence-electron chi connectivity index (χ0n) is 13.4. The van der Waals surface area contributed by atoms with E-state index in [1.165, 1.54) is 0 Å². The van der Waals surface area contributed by atoms with Gasteiger partial charge in [0.05, 0.1) is 0 Å². The van der Waals surface area contributed by atoms with E-state index in [1.807, 2.05) is 55.1 Å². The van der Waals surface area contributed by atoms with Crippen molar-refractivity contribution in [2.75, 3.05) is 16.8 Å². The van der Waals surface area contributed by atoms with Gasteiger partial charge in [-0.05, 0) is 56.2 Å². The van der Waals surface area contributed by atoms with Crippen molar-refractivity contribution in [1.29, 1.82) is 0 Å². The maximum atomic E-state index is 12.3. The summed E-state index contributed by atoms with van der Waals surface area (Å²) < 4.78 is 0. The molecule has 1 heterocycles. The molecule has 0 aromatic heterocycles. The predicted molar refractivity (Wildman–Crippen MR) is 91.9 cm³/mol. The third-order valence-corrected chi connectivity index (χ3v) is 4.10. The fraction of sp³-hybridized carbons (Fsp3) is 0.263. The van der Waals surface area contributed by atoms with Gasteiger partial charge >= 0.3 is 0 Å². The molecule has 118 valence electrons. The fourth-order valence-electron chi connectivity index (χ4n) is 2.93. The summed E-state index contributed by atoms with van der Waals surface area (Å²) in [7, 11) is 0. The standard InChI is InChI=1S/C19H20N2O2/c1-13-5-3-6-15(11-13)19(23)20-16-8-9-17(14(2)12-16)21-10-4-7-18(21)22/h3,5-6,8-9,11-12H,4,7,10H2,1-2H3,(H,20,23). The van der Waals surface area contributed by atoms with Gasteiger partial charge in [-0.3, -0.25) is 9.59 Å². The first-order valence-corrected chi connectivity index (χ1v) is 7.83. The van der Waals surface area contributed by atoms with Gasteiger partial charge < -0.3 is 10.2 Å². The van der Waals surface area contributed by atoms with E-state index in [2.05, 4.69) is 5.32 Å². The van der Waals surface area contributed by atoms with E-state index in [9.17, 15) is 9.59 Å². The predicted octanol–water partition coefficient (Wildman–Crippen LogP) is 3.68. The van der Waals surface area contributed by atoms with Crippen LogP contribution in [0.3, 0.4) is 0 Å². The summed E-state index contributed by atoms with van der Waals surface area (Å²) in [6.07, 6.45) is 1.52. The third-order valence-electron chi connectivity index (χ3n) is 4.10. The first-order valence-electron chi connectivity index (χ1n) is 7.83. The van der Waals surface area contributed by atoms with Crippen molar-refractivity contribution in [1.82, 2.24) is 0 Å². The van der Waals surface area contributed by atoms with E-state index in [1.54, 1.807) is 6.07 Å². The lowest BCUT2D eigenvalue weighted by Gasteiger charge is -2.19. The van der Waals surface area contributed by atoms with Crippen LogP contribution in [0.25, 0.3) is 0 Å². The van der Waals surface area contributed by atoms with Crippen LogP contribution >= 0.6 is 0 Å². The lowest BCUT2D eigenvalue weighted by Crippen LogP contribution is -2.24. The molecule has 0 bridgehead atoms. The molecule has 3 rings (SSSR count). The summed E-state index contributed by atoms with van der Waals surface area (Å²) in [5.41, 5.74) is 4.35. The number of hydrogen-bond acceptors (Lipinski definition) is 2. The zero-order valence-corrected chi connectivity index (χ0v) is 13.4. The summed E-state index contributed by atoms with van der Waals surface area (Å²) in [5.74, 6) is 0.0442. The van der Waals surface area contributed by atoms with Gasteiger partial charge in [0.15, 0.2) is 0 Å². The number of nitrogens with one attached hydrogen (secondary N) is 1. The second-order valence-electron chi connectivity index (χ2n) is 5.97. The molecule has 0 unspecified atom stereocenters. The topological polar surface area (TPSA) is 49.4 Å². The first-order chi connectivity index (χ1) is 11.0. The van der Waals surface area contributed by atoms with Gasteiger partial charge in [-0.25, -0.2) is 0 Å². The van der Waals surface area contributed by atoms with Crippen molar-refractivity contribution in [3.8, 4) is 0 Å². The van der Waals surface area contributed by atoms with E-state index >= 15 is 0 Å². The van der Waals surface area contributed by atoms with Gasteiger partial charge in [-0.1, -0.05) is 17.7 Å². The molecular weight excluding hydrogens is 288 g/mol. The molecule has 0 saturated carbocycles. The Morgan fingerprint density at radius 3 is 2.61 bits per heavy atom. The van der Waals surface area contributed by atoms with Crippen LogP contribution in [0.15, 0.2) is 42.5 Å². The molecule has 23 heavy (non-hydrogen) atoms. The van der Waals surface area contributed by atoms with Crippen molar-refractivity contribution < 1.29 is 9.59 Å². The van der Waals surface area contributed by atoms with Gasteiger partial charge in [0.2, 0.25) is 5.91 Å². The lowest BCUT2D eigenvalue weighted by atomic mass is 10.1. The highest BCUT2D eigenvalue weighted by Crippen LogP contribution is 2.27. The smallest absolute Gasteiger partial charge is 0.255 e. The van der Waals surface area contributed by atoms with Gasteiger partial charge in [0.25, 0.3) is 5.91 Å². The maximum Gasteiger partial charge on any atom is 0.255 e. The Labute approximate surface area is 136 Å². The van der Waals surface area contributed by atoms with E-state index in [0.29, 0.717) is 12.0 Å². The first kappa shape index (κ1) is 15.3. The van der Waals surface area contributed by atoms with Crippen LogP contribution < -0.4 is 10.2 Å². The van der Waals surface area contributed by atoms with Crippen molar-refractivity contribution in [2.45, 2.75) is 26.7 Å². The molecule has 1 fully saturated rings. The van der Waals surface area contributed by atoms with Crippen molar-refractivity contribution in [3.05, 3.63) is 59.2 Å². The molecule has 0 spiro atoms. The molecule has 4 heteroatoms. The van der Waals surface area contributed by atoms with Crippen LogP contribution in [0.2, 0.25) is 0 Å². The Hall–Kier alpha value is -2.62. The number of carbonyl (C=O) groups excluding carboxylic acids is 2. The number of amides is 2. The summed E-state index contributed by atoms with van der Waals surface area (Å²) >= 11 is 0. The molecule has 0 atom stereocenters. The summed E-state index contributed by atoms with van der Waals surface area (Å²) in [4.78, 5) is 26.0. The summed E-state index contributed by atoms with van der Waals surface area (Å²) in [5, 5.41) is 2.91. The monoisotopic (exact) mass is 308 g/mol. The van der Waals surface area contributed by atoms with Crippen molar-refractivity contribution >= 4 is 23.2 Å². The second-order valence-corrected chi connectivity index (χ2v) is 5.97. The molecule has 1 N–H and O–H groups in total. The Kier molecular flexibility index (Phi) is 4.15. The number of anilines is 2. The van der Waals surface area contributed by atoms with Gasteiger partial charge in [-0.15, -0.1) is 0 Å². The molecular formula is C19H20N2O2. The minimum Gasteiger partial charge on any atom is -0.322 e. The summed E-state index contributed by atoms with van der Waals surface area (Å²) in [6.45, 7) is 4.70. The minimum absolute atomic E-state index is 0.127. The number of rotatable bonds is 3. The SMILES string of the molecule is Cc1cccc(C(=O)Nc2ccc(N3CCCC3=O)c(C)c2)c1. The summed E-state index contributed by atoms with van der Waals surface area (Å²) in [6, 6.07) is 13.2. The minimum atomic E-state index is -0.127. The van der Waals surface area contributed by atoms with Gasteiger partial charge in [0.1, 0.15) is 0 Å². The molecule has 1 saturated heterocycles. The van der Waals surface area contributed by atoms with E-state index in [4.69, 9.17) is 0 Å². The van der Waals surface area contributed by atoms with Gasteiger partial charge in [-0.2, -0.15) is 0 Å². The van der Waals surface area contributed by atoms with Crippen LogP contribution in [0.1, 0.15) is 34.3 Å². The molecule has 2 amide bonds. The highest BCUT2D eigenvalue weighted by atomic mass is 16.2. The van der Waals surface area contributed by atoms with Crippen LogP contribution in [-0.4, -0.2) is 18.4 Å². The number of nitrogens with zero attached hydrogens (tertiary/aromatic N) is 1. The van der Waals surface area contributed by atoms with Crippen molar-refractivity contribution in [3.63, 3.8) is 0 Å². The number of carbonyl (C=O) groups is 2. The Morgan fingerprint density at radius 1 is 1.13 bits per heavy atom. The third kappa shape index (κ3) is 3.26. The van der Waals surface area contributed by atoms with E-state index in [-0.39, 0.29) is 11.8 Å². The fourth-order valence-corrected chi connectivity index (χ4v) is 2.93. The van der Waals surface area contributed by atoms with Crippen LogP contribution in [0.4, 0.5) is 11.4 Å². The normalized spacial score (nSPS) is 14.2. The molecule has 1 aliphatic rings. The number of aryl methyl sites for hydroxylation is 2. The average molecular weight is 308 g/mol. The van der Waals surface area contributed by atoms with Gasteiger partial charge in [0, 0.05) is 29.9 Å². The molecule has 0 radical (unpaired) electrons. The molecule has 2 aromatic rings. The average Bonchev–Trinajstić information content (AvgIpc) is 2.93. The Morgan fingerprint density at radius 2 is 1.96 bits per heavy atom. The highest BCUT2D eigenvalue weighted by molar-refractivity contribution is 6.04. The van der Waals surface area contributed by atoms with Crippen LogP contribution in [-0.2, 0) is 4.79 Å².